The van der Waals surface area contributed by atoms with E-state index in [2.05, 4.69) is 5.32 Å². The van der Waals surface area contributed by atoms with E-state index in [1.165, 1.54) is 6.92 Å². The van der Waals surface area contributed by atoms with Gasteiger partial charge in [0.05, 0.1) is 25.7 Å². The lowest BCUT2D eigenvalue weighted by molar-refractivity contribution is -0.157. The maximum Gasteiger partial charge on any atom is 0.307 e. The highest BCUT2D eigenvalue weighted by Crippen LogP contribution is 2.22. The quantitative estimate of drug-likeness (QED) is 0.323. The van der Waals surface area contributed by atoms with Gasteiger partial charge in [-0.3, -0.25) is 14.4 Å². The van der Waals surface area contributed by atoms with Gasteiger partial charge < -0.3 is 24.3 Å². The second-order valence-corrected chi connectivity index (χ2v) is 9.67. The molecular weight excluding hydrogens is 402 g/mol. The predicted octanol–water partition coefficient (Wildman–Crippen LogP) is 3.26. The highest BCUT2D eigenvalue weighted by Gasteiger charge is 2.31. The zero-order valence-electron chi connectivity index (χ0n) is 20.7. The Kier molecular flexibility index (Phi) is 13.6. The molecule has 0 aromatic carbocycles. The van der Waals surface area contributed by atoms with Crippen molar-refractivity contribution in [2.24, 2.45) is 11.3 Å². The fraction of sp³-hybridized carbons (Fsp3) is 0.870. The highest BCUT2D eigenvalue weighted by atomic mass is 16.6. The lowest BCUT2D eigenvalue weighted by atomic mass is 9.86. The number of nitrogens with one attached hydrogen (secondary N) is 1. The molecule has 2 atom stereocenters. The van der Waals surface area contributed by atoms with Crippen LogP contribution in [0.5, 0.6) is 0 Å². The average Bonchev–Trinajstić information content (AvgIpc) is 2.60. The second-order valence-electron chi connectivity index (χ2n) is 9.67. The normalized spacial score (nSPS) is 13.9. The van der Waals surface area contributed by atoms with Gasteiger partial charge in [0.2, 0.25) is 5.91 Å². The van der Waals surface area contributed by atoms with Crippen molar-refractivity contribution >= 4 is 17.8 Å². The maximum absolute atomic E-state index is 13.0. The Bertz CT molecular complexity index is 549. The van der Waals surface area contributed by atoms with Gasteiger partial charge in [0.25, 0.3) is 0 Å². The summed E-state index contributed by atoms with van der Waals surface area (Å²) >= 11 is 0. The molecule has 1 amide bonds. The average molecular weight is 446 g/mol. The van der Waals surface area contributed by atoms with Crippen LogP contribution in [0.4, 0.5) is 0 Å². The van der Waals surface area contributed by atoms with Crippen molar-refractivity contribution in [3.63, 3.8) is 0 Å². The molecule has 0 saturated carbocycles. The fourth-order valence-corrected chi connectivity index (χ4v) is 2.70. The lowest BCUT2D eigenvalue weighted by Gasteiger charge is -2.32. The van der Waals surface area contributed by atoms with Crippen molar-refractivity contribution in [3.05, 3.63) is 0 Å². The van der Waals surface area contributed by atoms with Crippen LogP contribution in [0.1, 0.15) is 74.7 Å². The number of carbonyl (C=O) groups excluding carboxylic acids is 3. The van der Waals surface area contributed by atoms with Gasteiger partial charge in [-0.2, -0.15) is 0 Å². The zero-order chi connectivity index (χ0) is 24.1. The van der Waals surface area contributed by atoms with Gasteiger partial charge >= 0.3 is 11.9 Å². The van der Waals surface area contributed by atoms with Crippen LogP contribution in [0.15, 0.2) is 0 Å². The Morgan fingerprint density at radius 3 is 2.06 bits per heavy atom. The minimum Gasteiger partial charge on any atom is -0.464 e. The van der Waals surface area contributed by atoms with Gasteiger partial charge in [-0.05, 0) is 46.0 Å². The van der Waals surface area contributed by atoms with E-state index >= 15 is 0 Å². The van der Waals surface area contributed by atoms with E-state index in [0.29, 0.717) is 39.3 Å². The summed E-state index contributed by atoms with van der Waals surface area (Å²) < 4.78 is 21.3. The van der Waals surface area contributed by atoms with Crippen molar-refractivity contribution in [1.82, 2.24) is 5.32 Å². The minimum absolute atomic E-state index is 0.0214. The first kappa shape index (κ1) is 29.3. The summed E-state index contributed by atoms with van der Waals surface area (Å²) in [6.07, 6.45) is 1.08. The number of carbonyl (C=O) groups is 3. The third kappa shape index (κ3) is 15.7. The van der Waals surface area contributed by atoms with Gasteiger partial charge in [0.15, 0.2) is 0 Å². The Morgan fingerprint density at radius 2 is 1.55 bits per heavy atom. The summed E-state index contributed by atoms with van der Waals surface area (Å²) in [6, 6.07) is -0.382. The van der Waals surface area contributed by atoms with Gasteiger partial charge in [-0.1, -0.05) is 20.8 Å². The number of hydrogen-bond donors (Lipinski definition) is 1. The SMILES string of the molecule is CCOCCOCCC[C@H](CC(=O)OC(C)(C)C)C(=O)N[C@H](COC(C)=O)C(C)(C)C. The molecule has 31 heavy (non-hydrogen) atoms. The van der Waals surface area contributed by atoms with Crippen LogP contribution in [0, 0.1) is 11.3 Å². The first-order valence-electron chi connectivity index (χ1n) is 11.1. The largest absolute Gasteiger partial charge is 0.464 e. The predicted molar refractivity (Wildman–Crippen MR) is 119 cm³/mol. The second kappa shape index (κ2) is 14.4. The van der Waals surface area contributed by atoms with Crippen molar-refractivity contribution in [3.8, 4) is 0 Å². The Balaban J connectivity index is 5.01. The van der Waals surface area contributed by atoms with Crippen molar-refractivity contribution in [1.29, 1.82) is 0 Å². The Labute approximate surface area is 187 Å². The van der Waals surface area contributed by atoms with E-state index in [-0.39, 0.29) is 30.4 Å². The van der Waals surface area contributed by atoms with Gasteiger partial charge in [0.1, 0.15) is 12.2 Å². The fourth-order valence-electron chi connectivity index (χ4n) is 2.70. The molecule has 182 valence electrons. The maximum atomic E-state index is 13.0. The molecule has 0 saturated heterocycles. The molecule has 0 aromatic heterocycles. The highest BCUT2D eigenvalue weighted by molar-refractivity contribution is 5.84. The zero-order valence-corrected chi connectivity index (χ0v) is 20.7. The summed E-state index contributed by atoms with van der Waals surface area (Å²) in [6.45, 7) is 16.7. The van der Waals surface area contributed by atoms with Crippen LogP contribution in [0.3, 0.4) is 0 Å². The number of amides is 1. The third-order valence-corrected chi connectivity index (χ3v) is 4.44. The smallest absolute Gasteiger partial charge is 0.307 e. The molecule has 0 aliphatic rings. The molecule has 0 heterocycles. The van der Waals surface area contributed by atoms with Crippen molar-refractivity contribution in [2.75, 3.05) is 33.0 Å². The van der Waals surface area contributed by atoms with Gasteiger partial charge in [-0.15, -0.1) is 0 Å². The monoisotopic (exact) mass is 445 g/mol. The summed E-state index contributed by atoms with van der Waals surface area (Å²) in [5, 5.41) is 2.96. The summed E-state index contributed by atoms with van der Waals surface area (Å²) in [5.41, 5.74) is -0.951. The molecule has 0 rings (SSSR count). The summed E-state index contributed by atoms with van der Waals surface area (Å²) in [5.74, 6) is -1.64. The van der Waals surface area contributed by atoms with E-state index in [9.17, 15) is 14.4 Å². The van der Waals surface area contributed by atoms with E-state index < -0.39 is 23.5 Å². The van der Waals surface area contributed by atoms with Crippen molar-refractivity contribution in [2.45, 2.75) is 86.3 Å². The van der Waals surface area contributed by atoms with Crippen LogP contribution in [0.2, 0.25) is 0 Å². The van der Waals surface area contributed by atoms with Gasteiger partial charge in [-0.25, -0.2) is 0 Å². The Morgan fingerprint density at radius 1 is 0.935 bits per heavy atom. The van der Waals surface area contributed by atoms with Crippen LogP contribution >= 0.6 is 0 Å². The topological polar surface area (TPSA) is 100 Å². The third-order valence-electron chi connectivity index (χ3n) is 4.44. The molecule has 8 heteroatoms. The molecule has 0 radical (unpaired) electrons. The molecule has 0 aliphatic carbocycles. The summed E-state index contributed by atoms with van der Waals surface area (Å²) in [4.78, 5) is 36.6. The molecule has 8 nitrogen and oxygen atoms in total. The molecule has 0 aliphatic heterocycles. The van der Waals surface area contributed by atoms with Gasteiger partial charge in [0, 0.05) is 26.1 Å². The first-order valence-corrected chi connectivity index (χ1v) is 11.1. The molecule has 0 bridgehead atoms. The van der Waals surface area contributed by atoms with E-state index in [0.717, 1.165) is 0 Å². The number of hydrogen-bond acceptors (Lipinski definition) is 7. The van der Waals surface area contributed by atoms with Crippen LogP contribution in [-0.2, 0) is 33.3 Å². The molecule has 0 unspecified atom stereocenters. The minimum atomic E-state index is -0.621. The van der Waals surface area contributed by atoms with Crippen molar-refractivity contribution < 1.29 is 33.3 Å². The number of ether oxygens (including phenoxy) is 4. The standard InChI is InChI=1S/C23H43NO7/c1-9-28-13-14-29-12-10-11-18(15-20(26)31-23(6,7)8)21(27)24-19(22(3,4)5)16-30-17(2)25/h18-19H,9-16H2,1-8H3,(H,24,27)/t18-,19-/m1/s1. The van der Waals surface area contributed by atoms with Crippen LogP contribution in [0.25, 0.3) is 0 Å². The molecule has 0 fully saturated rings. The Hall–Kier alpha value is -1.67. The van der Waals surface area contributed by atoms with E-state index in [1.54, 1.807) is 20.8 Å². The van der Waals surface area contributed by atoms with E-state index in [1.807, 2.05) is 27.7 Å². The molecule has 1 N–H and O–H groups in total. The van der Waals surface area contributed by atoms with Crippen LogP contribution in [-0.4, -0.2) is 62.5 Å². The first-order chi connectivity index (χ1) is 14.3. The summed E-state index contributed by atoms with van der Waals surface area (Å²) in [7, 11) is 0. The number of rotatable bonds is 14. The molecule has 0 aromatic rings. The van der Waals surface area contributed by atoms with E-state index in [4.69, 9.17) is 18.9 Å². The molecule has 0 spiro atoms. The van der Waals surface area contributed by atoms with Crippen LogP contribution < -0.4 is 5.32 Å². The lowest BCUT2D eigenvalue weighted by Crippen LogP contribution is -2.49. The number of esters is 2. The molecular formula is C23H43NO7.